The van der Waals surface area contributed by atoms with Crippen LogP contribution in [0.5, 0.6) is 5.75 Å². The number of methoxy groups -OCH3 is 1. The molecule has 2 aromatic carbocycles. The number of benzene rings is 2. The molecule has 4 nitrogen and oxygen atoms in total. The first kappa shape index (κ1) is 17.7. The van der Waals surface area contributed by atoms with Gasteiger partial charge in [0.15, 0.2) is 5.11 Å². The number of para-hydroxylation sites is 1. The number of hydrogen-bond donors (Lipinski definition) is 1. The van der Waals surface area contributed by atoms with Crippen LogP contribution in [0.15, 0.2) is 60.7 Å². The number of amides is 1. The second-order valence-electron chi connectivity index (χ2n) is 4.98. The minimum Gasteiger partial charge on any atom is -0.497 e. The quantitative estimate of drug-likeness (QED) is 0.666. The number of carbonyl (C=O) groups excluding carboxylic acids is 1. The van der Waals surface area contributed by atoms with Crippen molar-refractivity contribution in [2.24, 2.45) is 0 Å². The van der Waals surface area contributed by atoms with Gasteiger partial charge >= 0.3 is 0 Å². The first-order valence-corrected chi connectivity index (χ1v) is 8.04. The molecule has 0 aliphatic carbocycles. The number of nitrogens with zero attached hydrogens (tertiary/aromatic N) is 1. The molecule has 24 heavy (non-hydrogen) atoms. The summed E-state index contributed by atoms with van der Waals surface area (Å²) in [7, 11) is 1.62. The molecule has 5 heteroatoms. The van der Waals surface area contributed by atoms with Crippen LogP contribution in [0.3, 0.4) is 0 Å². The van der Waals surface area contributed by atoms with E-state index < -0.39 is 0 Å². The molecule has 124 valence electrons. The summed E-state index contributed by atoms with van der Waals surface area (Å²) < 4.78 is 5.10. The van der Waals surface area contributed by atoms with E-state index in [2.05, 4.69) is 5.32 Å². The van der Waals surface area contributed by atoms with Gasteiger partial charge in [-0.1, -0.05) is 30.3 Å². The highest BCUT2D eigenvalue weighted by Gasteiger charge is 2.11. The Morgan fingerprint density at radius 2 is 1.83 bits per heavy atom. The fourth-order valence-corrected chi connectivity index (χ4v) is 2.49. The fourth-order valence-electron chi connectivity index (χ4n) is 2.15. The minimum atomic E-state index is -0.259. The van der Waals surface area contributed by atoms with Crippen LogP contribution in [0.4, 0.5) is 5.69 Å². The number of rotatable bonds is 5. The second kappa shape index (κ2) is 8.84. The average Bonchev–Trinajstić information content (AvgIpc) is 2.62. The van der Waals surface area contributed by atoms with Crippen LogP contribution in [0, 0.1) is 0 Å². The van der Waals surface area contributed by atoms with Crippen LogP contribution >= 0.6 is 12.2 Å². The van der Waals surface area contributed by atoms with Gasteiger partial charge in [0.25, 0.3) is 0 Å². The van der Waals surface area contributed by atoms with Crippen molar-refractivity contribution >= 4 is 35.0 Å². The summed E-state index contributed by atoms with van der Waals surface area (Å²) in [5.74, 6) is 0.518. The van der Waals surface area contributed by atoms with Gasteiger partial charge in [-0.15, -0.1) is 0 Å². The first-order chi connectivity index (χ1) is 11.6. The Morgan fingerprint density at radius 1 is 1.17 bits per heavy atom. The molecule has 2 aromatic rings. The summed E-state index contributed by atoms with van der Waals surface area (Å²) in [6.07, 6.45) is 3.20. The van der Waals surface area contributed by atoms with Gasteiger partial charge in [0, 0.05) is 18.3 Å². The average molecular weight is 340 g/mol. The van der Waals surface area contributed by atoms with E-state index in [1.807, 2.05) is 66.4 Å². The SMILES string of the molecule is CCN(C(=S)NC(=O)C=Cc1ccc(OC)cc1)c1ccccc1. The summed E-state index contributed by atoms with van der Waals surface area (Å²) in [5.41, 5.74) is 1.86. The van der Waals surface area contributed by atoms with E-state index >= 15 is 0 Å². The second-order valence-corrected chi connectivity index (χ2v) is 5.37. The van der Waals surface area contributed by atoms with Crippen LogP contribution in [0.2, 0.25) is 0 Å². The molecule has 0 fully saturated rings. The Labute approximate surface area is 147 Å². The van der Waals surface area contributed by atoms with E-state index in [-0.39, 0.29) is 5.91 Å². The maximum Gasteiger partial charge on any atom is 0.250 e. The highest BCUT2D eigenvalue weighted by atomic mass is 32.1. The highest BCUT2D eigenvalue weighted by Crippen LogP contribution is 2.13. The van der Waals surface area contributed by atoms with Crippen molar-refractivity contribution in [3.05, 3.63) is 66.2 Å². The molecule has 0 saturated heterocycles. The van der Waals surface area contributed by atoms with Gasteiger partial charge in [-0.2, -0.15) is 0 Å². The third-order valence-corrected chi connectivity index (χ3v) is 3.72. The van der Waals surface area contributed by atoms with Crippen LogP contribution in [0.1, 0.15) is 12.5 Å². The molecular formula is C19H20N2O2S. The van der Waals surface area contributed by atoms with Gasteiger partial charge in [-0.3, -0.25) is 10.1 Å². The van der Waals surface area contributed by atoms with Crippen molar-refractivity contribution in [2.75, 3.05) is 18.6 Å². The minimum absolute atomic E-state index is 0.259. The maximum absolute atomic E-state index is 12.1. The van der Waals surface area contributed by atoms with Crippen molar-refractivity contribution in [3.8, 4) is 5.75 Å². The van der Waals surface area contributed by atoms with Gasteiger partial charge in [-0.05, 0) is 55.0 Å². The van der Waals surface area contributed by atoms with Crippen LogP contribution in [-0.4, -0.2) is 24.7 Å². The molecule has 2 rings (SSSR count). The van der Waals surface area contributed by atoms with E-state index in [1.54, 1.807) is 13.2 Å². The molecule has 0 spiro atoms. The van der Waals surface area contributed by atoms with E-state index in [4.69, 9.17) is 17.0 Å². The van der Waals surface area contributed by atoms with E-state index in [0.29, 0.717) is 11.7 Å². The predicted molar refractivity (Wildman–Crippen MR) is 102 cm³/mol. The monoisotopic (exact) mass is 340 g/mol. The molecule has 0 unspecified atom stereocenters. The summed E-state index contributed by atoms with van der Waals surface area (Å²) in [4.78, 5) is 13.9. The lowest BCUT2D eigenvalue weighted by atomic mass is 10.2. The zero-order valence-corrected chi connectivity index (χ0v) is 14.5. The van der Waals surface area contributed by atoms with Crippen molar-refractivity contribution in [3.63, 3.8) is 0 Å². The fraction of sp³-hybridized carbons (Fsp3) is 0.158. The van der Waals surface area contributed by atoms with E-state index in [1.165, 1.54) is 6.08 Å². The lowest BCUT2D eigenvalue weighted by Gasteiger charge is -2.23. The van der Waals surface area contributed by atoms with Gasteiger partial charge in [0.2, 0.25) is 5.91 Å². The smallest absolute Gasteiger partial charge is 0.250 e. The van der Waals surface area contributed by atoms with Crippen molar-refractivity contribution < 1.29 is 9.53 Å². The van der Waals surface area contributed by atoms with Crippen LogP contribution in [-0.2, 0) is 4.79 Å². The highest BCUT2D eigenvalue weighted by molar-refractivity contribution is 7.80. The summed E-state index contributed by atoms with van der Waals surface area (Å²) in [6.45, 7) is 2.66. The number of nitrogens with one attached hydrogen (secondary N) is 1. The molecule has 0 saturated carbocycles. The van der Waals surface area contributed by atoms with Gasteiger partial charge in [0.1, 0.15) is 5.75 Å². The zero-order chi connectivity index (χ0) is 17.4. The van der Waals surface area contributed by atoms with E-state index in [9.17, 15) is 4.79 Å². The van der Waals surface area contributed by atoms with Gasteiger partial charge < -0.3 is 9.64 Å². The number of carbonyl (C=O) groups is 1. The summed E-state index contributed by atoms with van der Waals surface area (Å²) >= 11 is 5.34. The molecule has 0 heterocycles. The van der Waals surface area contributed by atoms with Gasteiger partial charge in [0.05, 0.1) is 7.11 Å². The van der Waals surface area contributed by atoms with E-state index in [0.717, 1.165) is 17.0 Å². The summed E-state index contributed by atoms with van der Waals surface area (Å²) in [6, 6.07) is 17.2. The number of hydrogen-bond acceptors (Lipinski definition) is 3. The third-order valence-electron chi connectivity index (χ3n) is 3.40. The third kappa shape index (κ3) is 4.93. The summed E-state index contributed by atoms with van der Waals surface area (Å²) in [5, 5.41) is 3.11. The maximum atomic E-state index is 12.1. The lowest BCUT2D eigenvalue weighted by Crippen LogP contribution is -2.42. The Bertz CT molecular complexity index is 712. The molecule has 0 aliphatic rings. The Morgan fingerprint density at radius 3 is 2.42 bits per heavy atom. The van der Waals surface area contributed by atoms with Gasteiger partial charge in [-0.25, -0.2) is 0 Å². The number of anilines is 1. The van der Waals surface area contributed by atoms with Crippen LogP contribution in [0.25, 0.3) is 6.08 Å². The number of thiocarbonyl (C=S) groups is 1. The molecule has 0 radical (unpaired) electrons. The molecular weight excluding hydrogens is 320 g/mol. The van der Waals surface area contributed by atoms with Crippen LogP contribution < -0.4 is 15.0 Å². The first-order valence-electron chi connectivity index (χ1n) is 7.63. The molecule has 0 aliphatic heterocycles. The topological polar surface area (TPSA) is 41.6 Å². The van der Waals surface area contributed by atoms with Crippen molar-refractivity contribution in [2.45, 2.75) is 6.92 Å². The Kier molecular flexibility index (Phi) is 6.51. The van der Waals surface area contributed by atoms with Crippen molar-refractivity contribution in [1.82, 2.24) is 5.32 Å². The zero-order valence-electron chi connectivity index (χ0n) is 13.7. The Hall–Kier alpha value is -2.66. The van der Waals surface area contributed by atoms with Crippen molar-refractivity contribution in [1.29, 1.82) is 0 Å². The lowest BCUT2D eigenvalue weighted by molar-refractivity contribution is -0.115. The molecule has 0 aromatic heterocycles. The Balaban J connectivity index is 1.97. The predicted octanol–water partition coefficient (Wildman–Crippen LogP) is 3.64. The standard InChI is InChI=1S/C19H20N2O2S/c1-3-21(16-7-5-4-6-8-16)19(24)20-18(22)14-11-15-9-12-17(23-2)13-10-15/h4-14H,3H2,1-2H3,(H,20,22,24). The normalized spacial score (nSPS) is 10.4. The molecule has 1 amide bonds. The molecule has 0 bridgehead atoms. The molecule has 0 atom stereocenters. The number of ether oxygens (including phenoxy) is 1. The molecule has 1 N–H and O–H groups in total. The largest absolute Gasteiger partial charge is 0.497 e.